The first-order valence-corrected chi connectivity index (χ1v) is 11.2. The molecular weight excluding hydrogens is 422 g/mol. The number of nitrogens with one attached hydrogen (secondary N) is 2. The van der Waals surface area contributed by atoms with Gasteiger partial charge in [-0.2, -0.15) is 0 Å². The zero-order chi connectivity index (χ0) is 21.3. The van der Waals surface area contributed by atoms with Gasteiger partial charge in [-0.25, -0.2) is 13.4 Å². The van der Waals surface area contributed by atoms with Crippen molar-refractivity contribution in [2.24, 2.45) is 0 Å². The van der Waals surface area contributed by atoms with Crippen molar-refractivity contribution in [2.45, 2.75) is 18.7 Å². The Kier molecular flexibility index (Phi) is 5.40. The van der Waals surface area contributed by atoms with E-state index < -0.39 is 10.0 Å². The molecule has 4 aromatic rings. The Balaban J connectivity index is 1.55. The Hall–Kier alpha value is -3.03. The molecule has 0 saturated heterocycles. The van der Waals surface area contributed by atoms with Gasteiger partial charge in [0.05, 0.1) is 27.6 Å². The van der Waals surface area contributed by atoms with E-state index >= 15 is 0 Å². The molecule has 0 saturated carbocycles. The molecule has 1 heterocycles. The highest BCUT2D eigenvalue weighted by Gasteiger charge is 2.17. The number of ether oxygens (including phenoxy) is 1. The number of hydrogen-bond donors (Lipinski definition) is 2. The Bertz CT molecular complexity index is 1320. The molecule has 4 rings (SSSR count). The van der Waals surface area contributed by atoms with Crippen LogP contribution in [-0.2, 0) is 10.0 Å². The van der Waals surface area contributed by atoms with Gasteiger partial charge in [-0.15, -0.1) is 0 Å². The minimum Gasteiger partial charge on any atom is -0.492 e. The highest BCUT2D eigenvalue weighted by molar-refractivity contribution is 7.92. The van der Waals surface area contributed by atoms with Crippen molar-refractivity contribution in [1.29, 1.82) is 0 Å². The number of aromatic nitrogens is 2. The van der Waals surface area contributed by atoms with Gasteiger partial charge in [0.25, 0.3) is 10.0 Å². The number of fused-ring (bicyclic) bond motifs is 1. The van der Waals surface area contributed by atoms with E-state index in [0.29, 0.717) is 18.0 Å². The summed E-state index contributed by atoms with van der Waals surface area (Å²) in [5.74, 6) is 1.17. The monoisotopic (exact) mass is 441 g/mol. The minimum atomic E-state index is -3.78. The zero-order valence-electron chi connectivity index (χ0n) is 16.4. The number of H-pyrrole nitrogens is 1. The van der Waals surface area contributed by atoms with Crippen LogP contribution >= 0.6 is 11.6 Å². The van der Waals surface area contributed by atoms with Gasteiger partial charge >= 0.3 is 0 Å². The molecule has 0 amide bonds. The number of aryl methyl sites for hydroxylation is 1. The van der Waals surface area contributed by atoms with Gasteiger partial charge in [0.15, 0.2) is 0 Å². The van der Waals surface area contributed by atoms with Gasteiger partial charge in [0.2, 0.25) is 0 Å². The highest BCUT2D eigenvalue weighted by atomic mass is 35.5. The summed E-state index contributed by atoms with van der Waals surface area (Å²) in [6, 6.07) is 17.4. The standard InChI is InChI=1S/C22H20ClN3O3S/c1-3-29-21-11-9-17(13-18(21)23)30(27,28)26-16-7-5-15(6-8-16)22-24-19-10-4-14(2)12-20(19)25-22/h4-13,26H,3H2,1-2H3,(H,24,25). The average Bonchev–Trinajstić information content (AvgIpc) is 3.13. The molecule has 0 radical (unpaired) electrons. The molecule has 0 aliphatic heterocycles. The molecule has 0 aliphatic carbocycles. The van der Waals surface area contributed by atoms with E-state index in [4.69, 9.17) is 16.3 Å². The van der Waals surface area contributed by atoms with Gasteiger partial charge in [-0.1, -0.05) is 17.7 Å². The SMILES string of the molecule is CCOc1ccc(S(=O)(=O)Nc2ccc(-c3nc4ccc(C)cc4[nH]3)cc2)cc1Cl. The van der Waals surface area contributed by atoms with E-state index in [-0.39, 0.29) is 9.92 Å². The normalized spacial score (nSPS) is 11.6. The topological polar surface area (TPSA) is 84.1 Å². The second-order valence-corrected chi connectivity index (χ2v) is 8.90. The lowest BCUT2D eigenvalue weighted by molar-refractivity contribution is 0.340. The highest BCUT2D eigenvalue weighted by Crippen LogP contribution is 2.29. The third-order valence-electron chi connectivity index (χ3n) is 4.56. The molecule has 2 N–H and O–H groups in total. The summed E-state index contributed by atoms with van der Waals surface area (Å²) >= 11 is 6.12. The Morgan fingerprint density at radius 1 is 1.07 bits per heavy atom. The van der Waals surface area contributed by atoms with E-state index in [1.807, 2.05) is 44.2 Å². The average molecular weight is 442 g/mol. The summed E-state index contributed by atoms with van der Waals surface area (Å²) in [4.78, 5) is 7.94. The van der Waals surface area contributed by atoms with Crippen LogP contribution in [0.3, 0.4) is 0 Å². The smallest absolute Gasteiger partial charge is 0.261 e. The largest absolute Gasteiger partial charge is 0.492 e. The number of aromatic amines is 1. The quantitative estimate of drug-likeness (QED) is 0.420. The maximum atomic E-state index is 12.7. The second kappa shape index (κ2) is 8.01. The zero-order valence-corrected chi connectivity index (χ0v) is 18.0. The van der Waals surface area contributed by atoms with E-state index in [9.17, 15) is 8.42 Å². The van der Waals surface area contributed by atoms with Crippen molar-refractivity contribution in [1.82, 2.24) is 9.97 Å². The Labute approximate surface area is 179 Å². The van der Waals surface area contributed by atoms with Gasteiger partial charge in [-0.05, 0) is 74.0 Å². The van der Waals surface area contributed by atoms with E-state index in [1.165, 1.54) is 12.1 Å². The first-order chi connectivity index (χ1) is 14.4. The molecule has 0 fully saturated rings. The van der Waals surface area contributed by atoms with Crippen LogP contribution in [0, 0.1) is 6.92 Å². The summed E-state index contributed by atoms with van der Waals surface area (Å²) in [6.07, 6.45) is 0. The predicted molar refractivity (Wildman–Crippen MR) is 120 cm³/mol. The molecule has 0 unspecified atom stereocenters. The van der Waals surface area contributed by atoms with E-state index in [0.717, 1.165) is 28.0 Å². The fourth-order valence-electron chi connectivity index (χ4n) is 3.09. The fourth-order valence-corrected chi connectivity index (χ4v) is 4.48. The fraction of sp³-hybridized carbons (Fsp3) is 0.136. The van der Waals surface area contributed by atoms with Gasteiger partial charge in [0.1, 0.15) is 11.6 Å². The molecule has 30 heavy (non-hydrogen) atoms. The van der Waals surface area contributed by atoms with Crippen molar-refractivity contribution >= 4 is 38.3 Å². The first kappa shape index (κ1) is 20.3. The number of imidazole rings is 1. The lowest BCUT2D eigenvalue weighted by Crippen LogP contribution is -2.13. The van der Waals surface area contributed by atoms with Crippen LogP contribution < -0.4 is 9.46 Å². The summed E-state index contributed by atoms with van der Waals surface area (Å²) in [6.45, 7) is 4.30. The minimum absolute atomic E-state index is 0.0627. The van der Waals surface area contributed by atoms with Crippen LogP contribution in [0.1, 0.15) is 12.5 Å². The molecule has 6 nitrogen and oxygen atoms in total. The number of nitrogens with zero attached hydrogens (tertiary/aromatic N) is 1. The third-order valence-corrected chi connectivity index (χ3v) is 6.24. The Morgan fingerprint density at radius 3 is 2.53 bits per heavy atom. The van der Waals surface area contributed by atoms with Crippen LogP contribution in [0.25, 0.3) is 22.4 Å². The molecule has 154 valence electrons. The van der Waals surface area contributed by atoms with Gasteiger partial charge in [0, 0.05) is 11.3 Å². The molecule has 3 aromatic carbocycles. The molecule has 8 heteroatoms. The Morgan fingerprint density at radius 2 is 1.83 bits per heavy atom. The first-order valence-electron chi connectivity index (χ1n) is 9.38. The van der Waals surface area contributed by atoms with E-state index in [1.54, 1.807) is 18.2 Å². The summed E-state index contributed by atoms with van der Waals surface area (Å²) in [5.41, 5.74) is 4.29. The predicted octanol–water partition coefficient (Wildman–Crippen LogP) is 5.39. The van der Waals surface area contributed by atoms with Crippen LogP contribution in [-0.4, -0.2) is 25.0 Å². The number of anilines is 1. The lowest BCUT2D eigenvalue weighted by Gasteiger charge is -2.11. The molecule has 1 aromatic heterocycles. The van der Waals surface area contributed by atoms with Crippen molar-refractivity contribution in [2.75, 3.05) is 11.3 Å². The maximum absolute atomic E-state index is 12.7. The van der Waals surface area contributed by atoms with Crippen LogP contribution in [0.4, 0.5) is 5.69 Å². The summed E-state index contributed by atoms with van der Waals surface area (Å²) in [5, 5.41) is 0.246. The van der Waals surface area contributed by atoms with Crippen LogP contribution in [0.5, 0.6) is 5.75 Å². The number of rotatable bonds is 6. The summed E-state index contributed by atoms with van der Waals surface area (Å²) in [7, 11) is -3.78. The molecule has 0 atom stereocenters. The number of sulfonamides is 1. The van der Waals surface area contributed by atoms with Crippen molar-refractivity contribution in [3.63, 3.8) is 0 Å². The maximum Gasteiger partial charge on any atom is 0.261 e. The third kappa shape index (κ3) is 4.13. The number of benzene rings is 3. The van der Waals surface area contributed by atoms with Gasteiger partial charge < -0.3 is 9.72 Å². The lowest BCUT2D eigenvalue weighted by atomic mass is 10.2. The number of halogens is 1. The molecule has 0 bridgehead atoms. The van der Waals surface area contributed by atoms with Crippen LogP contribution in [0.2, 0.25) is 5.02 Å². The molecule has 0 spiro atoms. The van der Waals surface area contributed by atoms with Crippen LogP contribution in [0.15, 0.2) is 65.6 Å². The van der Waals surface area contributed by atoms with Crippen molar-refractivity contribution in [3.8, 4) is 17.1 Å². The second-order valence-electron chi connectivity index (χ2n) is 6.81. The number of hydrogen-bond acceptors (Lipinski definition) is 4. The van der Waals surface area contributed by atoms with Gasteiger partial charge in [-0.3, -0.25) is 4.72 Å². The van der Waals surface area contributed by atoms with Crippen molar-refractivity contribution < 1.29 is 13.2 Å². The van der Waals surface area contributed by atoms with E-state index in [2.05, 4.69) is 14.7 Å². The molecule has 0 aliphatic rings. The van der Waals surface area contributed by atoms with Crippen molar-refractivity contribution in [3.05, 3.63) is 71.2 Å². The summed E-state index contributed by atoms with van der Waals surface area (Å²) < 4.78 is 33.3. The molecular formula is C22H20ClN3O3S.